The lowest BCUT2D eigenvalue weighted by atomic mass is 10.1. The van der Waals surface area contributed by atoms with Crippen molar-refractivity contribution in [1.29, 1.82) is 0 Å². The zero-order valence-electron chi connectivity index (χ0n) is 15.5. The lowest BCUT2D eigenvalue weighted by Gasteiger charge is -2.11. The summed E-state index contributed by atoms with van der Waals surface area (Å²) in [6.07, 6.45) is 0. The molecule has 6 heteroatoms. The Balaban J connectivity index is 1.80. The van der Waals surface area contributed by atoms with Crippen LogP contribution < -0.4 is 15.4 Å². The van der Waals surface area contributed by atoms with E-state index in [1.807, 2.05) is 38.1 Å². The number of rotatable bonds is 7. The normalized spacial score (nSPS) is 10.3. The average Bonchev–Trinajstić information content (AvgIpc) is 2.61. The van der Waals surface area contributed by atoms with E-state index in [4.69, 9.17) is 4.74 Å². The molecule has 2 amide bonds. The van der Waals surface area contributed by atoms with Gasteiger partial charge >= 0.3 is 0 Å². The van der Waals surface area contributed by atoms with Gasteiger partial charge in [-0.25, -0.2) is 0 Å². The highest BCUT2D eigenvalue weighted by atomic mass is 32.2. The van der Waals surface area contributed by atoms with Crippen LogP contribution in [0.4, 0.5) is 5.69 Å². The summed E-state index contributed by atoms with van der Waals surface area (Å²) in [4.78, 5) is 25.1. The summed E-state index contributed by atoms with van der Waals surface area (Å²) >= 11 is 1.45. The molecular formula is C20H24N2O3S. The minimum absolute atomic E-state index is 0.0799. The summed E-state index contributed by atoms with van der Waals surface area (Å²) in [7, 11) is 1.55. The number of thioether (sulfide) groups is 1. The number of aryl methyl sites for hydroxylation is 3. The van der Waals surface area contributed by atoms with Gasteiger partial charge in [-0.1, -0.05) is 12.1 Å². The number of carbonyl (C=O) groups excluding carboxylic acids is 2. The molecule has 0 saturated carbocycles. The van der Waals surface area contributed by atoms with E-state index in [9.17, 15) is 9.59 Å². The molecule has 0 aliphatic rings. The maximum atomic E-state index is 12.1. The summed E-state index contributed by atoms with van der Waals surface area (Å²) in [5.41, 5.74) is 4.02. The van der Waals surface area contributed by atoms with E-state index >= 15 is 0 Å². The van der Waals surface area contributed by atoms with Crippen LogP contribution >= 0.6 is 11.8 Å². The van der Waals surface area contributed by atoms with Gasteiger partial charge in [0.1, 0.15) is 5.75 Å². The van der Waals surface area contributed by atoms with Gasteiger partial charge < -0.3 is 15.4 Å². The Morgan fingerprint density at radius 1 is 1.00 bits per heavy atom. The number of anilines is 1. The van der Waals surface area contributed by atoms with E-state index in [0.717, 1.165) is 10.5 Å². The van der Waals surface area contributed by atoms with Crippen molar-refractivity contribution >= 4 is 29.3 Å². The first-order valence-electron chi connectivity index (χ1n) is 8.30. The first kappa shape index (κ1) is 19.8. The molecule has 0 aliphatic carbocycles. The Hall–Kier alpha value is -2.47. The first-order chi connectivity index (χ1) is 12.4. The van der Waals surface area contributed by atoms with Gasteiger partial charge in [-0.2, -0.15) is 0 Å². The van der Waals surface area contributed by atoms with Gasteiger partial charge in [0.2, 0.25) is 11.8 Å². The SMILES string of the molecule is COc1ccc(C)cc1NC(=O)CNC(=O)CSc1ccc(C)c(C)c1. The van der Waals surface area contributed by atoms with E-state index in [-0.39, 0.29) is 24.1 Å². The van der Waals surface area contributed by atoms with Crippen LogP contribution in [0.1, 0.15) is 16.7 Å². The van der Waals surface area contributed by atoms with Gasteiger partial charge in [-0.05, 0) is 61.7 Å². The Labute approximate surface area is 158 Å². The van der Waals surface area contributed by atoms with Crippen LogP contribution in [0.15, 0.2) is 41.3 Å². The summed E-state index contributed by atoms with van der Waals surface area (Å²) in [5, 5.41) is 5.40. The quantitative estimate of drug-likeness (QED) is 0.731. The second-order valence-corrected chi connectivity index (χ2v) is 7.11. The fourth-order valence-electron chi connectivity index (χ4n) is 2.30. The Morgan fingerprint density at radius 3 is 2.46 bits per heavy atom. The lowest BCUT2D eigenvalue weighted by Crippen LogP contribution is -2.34. The van der Waals surface area contributed by atoms with Crippen LogP contribution in [-0.4, -0.2) is 31.2 Å². The number of amides is 2. The third-order valence-electron chi connectivity index (χ3n) is 3.92. The van der Waals surface area contributed by atoms with Gasteiger partial charge in [0, 0.05) is 4.90 Å². The Morgan fingerprint density at radius 2 is 1.77 bits per heavy atom. The molecule has 2 N–H and O–H groups in total. The molecule has 2 aromatic rings. The molecule has 26 heavy (non-hydrogen) atoms. The molecule has 2 rings (SSSR count). The molecule has 0 aromatic heterocycles. The van der Waals surface area contributed by atoms with Crippen LogP contribution in [-0.2, 0) is 9.59 Å². The van der Waals surface area contributed by atoms with E-state index in [1.54, 1.807) is 13.2 Å². The summed E-state index contributed by atoms with van der Waals surface area (Å²) in [6, 6.07) is 11.6. The third-order valence-corrected chi connectivity index (χ3v) is 4.92. The van der Waals surface area contributed by atoms with E-state index in [2.05, 4.69) is 23.6 Å². The highest BCUT2D eigenvalue weighted by Crippen LogP contribution is 2.25. The molecule has 2 aromatic carbocycles. The van der Waals surface area contributed by atoms with Gasteiger partial charge in [-0.3, -0.25) is 9.59 Å². The number of ether oxygens (including phenoxy) is 1. The maximum Gasteiger partial charge on any atom is 0.243 e. The molecule has 0 heterocycles. The van der Waals surface area contributed by atoms with Crippen molar-refractivity contribution in [2.24, 2.45) is 0 Å². The second kappa shape index (κ2) is 9.29. The standard InChI is InChI=1S/C20H24N2O3S/c1-13-5-8-18(25-4)17(9-13)22-19(23)11-21-20(24)12-26-16-7-6-14(2)15(3)10-16/h5-10H,11-12H2,1-4H3,(H,21,24)(H,22,23). The monoisotopic (exact) mass is 372 g/mol. The highest BCUT2D eigenvalue weighted by molar-refractivity contribution is 8.00. The van der Waals surface area contributed by atoms with Crippen molar-refractivity contribution in [3.63, 3.8) is 0 Å². The molecule has 0 aliphatic heterocycles. The summed E-state index contributed by atoms with van der Waals surface area (Å²) in [5.74, 6) is 0.377. The summed E-state index contributed by atoms with van der Waals surface area (Å²) in [6.45, 7) is 5.95. The van der Waals surface area contributed by atoms with Crippen molar-refractivity contribution in [3.8, 4) is 5.75 Å². The van der Waals surface area contributed by atoms with E-state index in [0.29, 0.717) is 11.4 Å². The fraction of sp³-hybridized carbons (Fsp3) is 0.300. The number of hydrogen-bond donors (Lipinski definition) is 2. The molecule has 0 bridgehead atoms. The highest BCUT2D eigenvalue weighted by Gasteiger charge is 2.10. The minimum atomic E-state index is -0.293. The van der Waals surface area contributed by atoms with Crippen LogP contribution in [0.25, 0.3) is 0 Å². The lowest BCUT2D eigenvalue weighted by molar-refractivity contribution is -0.122. The van der Waals surface area contributed by atoms with Crippen LogP contribution in [0.5, 0.6) is 5.75 Å². The predicted octanol–water partition coefficient (Wildman–Crippen LogP) is 3.47. The van der Waals surface area contributed by atoms with Gasteiger partial charge in [0.25, 0.3) is 0 Å². The molecule has 0 atom stereocenters. The van der Waals surface area contributed by atoms with Crippen LogP contribution in [0.2, 0.25) is 0 Å². The smallest absolute Gasteiger partial charge is 0.243 e. The van der Waals surface area contributed by atoms with Gasteiger partial charge in [0.15, 0.2) is 0 Å². The molecule has 0 unspecified atom stereocenters. The largest absolute Gasteiger partial charge is 0.495 e. The van der Waals surface area contributed by atoms with Crippen molar-refractivity contribution < 1.29 is 14.3 Å². The fourth-order valence-corrected chi connectivity index (χ4v) is 3.12. The second-order valence-electron chi connectivity index (χ2n) is 6.06. The van der Waals surface area contributed by atoms with Crippen LogP contribution in [0.3, 0.4) is 0 Å². The number of nitrogens with one attached hydrogen (secondary N) is 2. The number of carbonyl (C=O) groups is 2. The Kier molecular flexibility index (Phi) is 7.09. The topological polar surface area (TPSA) is 67.4 Å². The zero-order valence-corrected chi connectivity index (χ0v) is 16.3. The van der Waals surface area contributed by atoms with Crippen molar-refractivity contribution in [3.05, 3.63) is 53.1 Å². The molecular weight excluding hydrogens is 348 g/mol. The van der Waals surface area contributed by atoms with Gasteiger partial charge in [0.05, 0.1) is 25.1 Å². The van der Waals surface area contributed by atoms with Crippen molar-refractivity contribution in [2.75, 3.05) is 24.7 Å². The minimum Gasteiger partial charge on any atom is -0.495 e. The van der Waals surface area contributed by atoms with Gasteiger partial charge in [-0.15, -0.1) is 11.8 Å². The zero-order chi connectivity index (χ0) is 19.1. The summed E-state index contributed by atoms with van der Waals surface area (Å²) < 4.78 is 5.23. The molecule has 0 fully saturated rings. The van der Waals surface area contributed by atoms with E-state index < -0.39 is 0 Å². The van der Waals surface area contributed by atoms with Crippen molar-refractivity contribution in [2.45, 2.75) is 25.7 Å². The molecule has 5 nitrogen and oxygen atoms in total. The van der Waals surface area contributed by atoms with Crippen molar-refractivity contribution in [1.82, 2.24) is 5.32 Å². The molecule has 0 spiro atoms. The predicted molar refractivity (Wildman–Crippen MR) is 106 cm³/mol. The van der Waals surface area contributed by atoms with Crippen LogP contribution in [0, 0.1) is 20.8 Å². The maximum absolute atomic E-state index is 12.1. The molecule has 0 radical (unpaired) electrons. The molecule has 138 valence electrons. The number of benzene rings is 2. The Bertz CT molecular complexity index is 806. The average molecular weight is 372 g/mol. The first-order valence-corrected chi connectivity index (χ1v) is 9.29. The number of methoxy groups -OCH3 is 1. The van der Waals surface area contributed by atoms with E-state index in [1.165, 1.54) is 22.9 Å². The number of hydrogen-bond acceptors (Lipinski definition) is 4. The third kappa shape index (κ3) is 5.81. The molecule has 0 saturated heterocycles.